The van der Waals surface area contributed by atoms with Gasteiger partial charge in [-0.15, -0.1) is 13.2 Å². The first-order valence-corrected chi connectivity index (χ1v) is 10.1. The molecule has 2 N–H and O–H groups in total. The molecule has 3 aromatic carbocycles. The van der Waals surface area contributed by atoms with E-state index in [-0.39, 0.29) is 22.4 Å². The summed E-state index contributed by atoms with van der Waals surface area (Å²) in [6, 6.07) is 11.5. The number of hydrogen-bond donors (Lipinski definition) is 2. The molecule has 3 aromatic rings. The second-order valence-corrected chi connectivity index (χ2v) is 7.56. The molecule has 0 saturated carbocycles. The van der Waals surface area contributed by atoms with Crippen LogP contribution in [0.2, 0.25) is 0 Å². The van der Waals surface area contributed by atoms with Crippen molar-refractivity contribution >= 4 is 23.5 Å². The van der Waals surface area contributed by atoms with Gasteiger partial charge in [-0.25, -0.2) is 9.18 Å². The highest BCUT2D eigenvalue weighted by Crippen LogP contribution is 2.38. The lowest BCUT2D eigenvalue weighted by atomic mass is 9.97. The fourth-order valence-corrected chi connectivity index (χ4v) is 3.87. The highest BCUT2D eigenvalue weighted by Gasteiger charge is 2.44. The lowest BCUT2D eigenvalue weighted by Gasteiger charge is -2.34. The lowest BCUT2D eigenvalue weighted by molar-refractivity contribution is -0.274. The van der Waals surface area contributed by atoms with Crippen molar-refractivity contribution in [1.82, 2.24) is 4.90 Å². The topological polar surface area (TPSA) is 95.9 Å². The minimum Gasteiger partial charge on any atom is -0.479 e. The number of nitrogens with zero attached hydrogens (tertiary/aromatic N) is 1. The van der Waals surface area contributed by atoms with E-state index in [0.717, 1.165) is 41.3 Å². The molecule has 1 aliphatic heterocycles. The predicted molar refractivity (Wildman–Crippen MR) is 114 cm³/mol. The van der Waals surface area contributed by atoms with Gasteiger partial charge in [-0.3, -0.25) is 9.59 Å². The quantitative estimate of drug-likeness (QED) is 0.509. The maximum atomic E-state index is 14.0. The molecule has 0 aliphatic carbocycles. The van der Waals surface area contributed by atoms with E-state index < -0.39 is 47.8 Å². The molecule has 35 heavy (non-hydrogen) atoms. The number of anilines is 1. The first kappa shape index (κ1) is 23.7. The number of amides is 2. The molecule has 1 heterocycles. The molecule has 0 saturated heterocycles. The highest BCUT2D eigenvalue weighted by atomic mass is 19.4. The largest absolute Gasteiger partial charge is 0.573 e. The summed E-state index contributed by atoms with van der Waals surface area (Å²) in [6.45, 7) is 0. The number of ether oxygens (including phenoxy) is 1. The SMILES string of the molecule is O=C(O)C(c1ccccc1)N1C(=O)c2cc(F)ccc2NC(=O)C1c1ccc(OC(F)(F)F)cc1. The second-order valence-electron chi connectivity index (χ2n) is 7.56. The average molecular weight is 488 g/mol. The number of carbonyl (C=O) groups is 3. The van der Waals surface area contributed by atoms with Crippen LogP contribution in [0, 0.1) is 5.82 Å². The summed E-state index contributed by atoms with van der Waals surface area (Å²) in [6.07, 6.45) is -4.95. The Hall–Kier alpha value is -4.41. The van der Waals surface area contributed by atoms with Crippen molar-refractivity contribution < 1.29 is 41.8 Å². The van der Waals surface area contributed by atoms with E-state index in [4.69, 9.17) is 0 Å². The summed E-state index contributed by atoms with van der Waals surface area (Å²) in [5.74, 6) is -4.63. The molecule has 180 valence electrons. The Morgan fingerprint density at radius 2 is 1.66 bits per heavy atom. The van der Waals surface area contributed by atoms with E-state index >= 15 is 0 Å². The van der Waals surface area contributed by atoms with Gasteiger partial charge in [0.15, 0.2) is 6.04 Å². The third-order valence-electron chi connectivity index (χ3n) is 5.29. The number of carboxylic acid groups (broad SMARTS) is 1. The van der Waals surface area contributed by atoms with Crippen LogP contribution < -0.4 is 10.1 Å². The van der Waals surface area contributed by atoms with E-state index in [1.807, 2.05) is 0 Å². The zero-order valence-corrected chi connectivity index (χ0v) is 17.6. The predicted octanol–water partition coefficient (Wildman–Crippen LogP) is 4.69. The summed E-state index contributed by atoms with van der Waals surface area (Å²) in [5, 5.41) is 12.6. The third-order valence-corrected chi connectivity index (χ3v) is 5.29. The van der Waals surface area contributed by atoms with E-state index in [0.29, 0.717) is 0 Å². The number of carbonyl (C=O) groups excluding carboxylic acids is 2. The first-order valence-electron chi connectivity index (χ1n) is 10.1. The summed E-state index contributed by atoms with van der Waals surface area (Å²) in [7, 11) is 0. The standard InChI is InChI=1S/C24H16F4N2O5/c25-15-8-11-18-17(12-15)22(32)30(20(23(33)34)13-4-2-1-3-5-13)19(21(31)29-18)14-6-9-16(10-7-14)35-24(26,27)28/h1-12,19-20H,(H,29,31)(H,33,34). The van der Waals surface area contributed by atoms with Gasteiger partial charge in [0.25, 0.3) is 11.8 Å². The Labute approximate surface area is 195 Å². The van der Waals surface area contributed by atoms with Gasteiger partial charge in [-0.05, 0) is 41.5 Å². The number of rotatable bonds is 5. The van der Waals surface area contributed by atoms with E-state index in [1.54, 1.807) is 18.2 Å². The van der Waals surface area contributed by atoms with Gasteiger partial charge in [0.05, 0.1) is 11.3 Å². The van der Waals surface area contributed by atoms with Crippen LogP contribution in [0.15, 0.2) is 72.8 Å². The molecule has 11 heteroatoms. The van der Waals surface area contributed by atoms with Gasteiger partial charge in [-0.2, -0.15) is 0 Å². The van der Waals surface area contributed by atoms with Crippen molar-refractivity contribution in [3.05, 3.63) is 95.3 Å². The molecule has 0 radical (unpaired) electrons. The van der Waals surface area contributed by atoms with Crippen molar-refractivity contribution in [2.24, 2.45) is 0 Å². The van der Waals surface area contributed by atoms with Gasteiger partial charge in [0.2, 0.25) is 0 Å². The maximum Gasteiger partial charge on any atom is 0.573 e. The molecule has 0 fully saturated rings. The van der Waals surface area contributed by atoms with E-state index in [9.17, 15) is 37.1 Å². The number of hydrogen-bond acceptors (Lipinski definition) is 4. The molecule has 0 bridgehead atoms. The number of alkyl halides is 3. The van der Waals surface area contributed by atoms with Crippen LogP contribution >= 0.6 is 0 Å². The monoisotopic (exact) mass is 488 g/mol. The Balaban J connectivity index is 1.88. The molecule has 2 amide bonds. The number of fused-ring (bicyclic) bond motifs is 1. The Morgan fingerprint density at radius 3 is 2.26 bits per heavy atom. The Morgan fingerprint density at radius 1 is 1.00 bits per heavy atom. The van der Waals surface area contributed by atoms with Gasteiger partial charge in [0, 0.05) is 0 Å². The molecule has 2 unspecified atom stereocenters. The highest BCUT2D eigenvalue weighted by molar-refractivity contribution is 6.11. The maximum absolute atomic E-state index is 14.0. The van der Waals surface area contributed by atoms with Gasteiger partial charge in [0.1, 0.15) is 17.6 Å². The summed E-state index contributed by atoms with van der Waals surface area (Å²) in [4.78, 5) is 40.1. The van der Waals surface area contributed by atoms with Gasteiger partial charge < -0.3 is 20.1 Å². The first-order chi connectivity index (χ1) is 16.5. The zero-order chi connectivity index (χ0) is 25.3. The van der Waals surface area contributed by atoms with Crippen LogP contribution in [0.5, 0.6) is 5.75 Å². The van der Waals surface area contributed by atoms with Crippen LogP contribution in [-0.4, -0.2) is 34.2 Å². The van der Waals surface area contributed by atoms with Gasteiger partial charge in [-0.1, -0.05) is 42.5 Å². The zero-order valence-electron chi connectivity index (χ0n) is 17.6. The Kier molecular flexibility index (Phi) is 6.16. The third kappa shape index (κ3) is 4.93. The lowest BCUT2D eigenvalue weighted by Crippen LogP contribution is -2.44. The number of aliphatic carboxylic acids is 1. The molecule has 4 rings (SSSR count). The summed E-state index contributed by atoms with van der Waals surface area (Å²) in [5.41, 5.74) is -0.146. The van der Waals surface area contributed by atoms with Crippen LogP contribution in [-0.2, 0) is 9.59 Å². The number of carboxylic acids is 1. The number of benzene rings is 3. The molecule has 1 aliphatic rings. The fraction of sp³-hybridized carbons (Fsp3) is 0.125. The number of nitrogens with one attached hydrogen (secondary N) is 1. The van der Waals surface area contributed by atoms with E-state index in [2.05, 4.69) is 10.1 Å². The van der Waals surface area contributed by atoms with Crippen molar-refractivity contribution in [2.45, 2.75) is 18.4 Å². The minimum atomic E-state index is -4.95. The molecular weight excluding hydrogens is 472 g/mol. The van der Waals surface area contributed by atoms with Crippen LogP contribution in [0.25, 0.3) is 0 Å². The number of halogens is 4. The molecule has 7 nitrogen and oxygen atoms in total. The molecule has 2 atom stereocenters. The minimum absolute atomic E-state index is 0.0147. The smallest absolute Gasteiger partial charge is 0.479 e. The van der Waals surface area contributed by atoms with Crippen LogP contribution in [0.1, 0.15) is 33.6 Å². The van der Waals surface area contributed by atoms with Crippen molar-refractivity contribution in [3.63, 3.8) is 0 Å². The average Bonchev–Trinajstić information content (AvgIpc) is 2.89. The summed E-state index contributed by atoms with van der Waals surface area (Å²) < 4.78 is 55.5. The molecular formula is C24H16F4N2O5. The summed E-state index contributed by atoms with van der Waals surface area (Å²) >= 11 is 0. The van der Waals surface area contributed by atoms with Crippen LogP contribution in [0.3, 0.4) is 0 Å². The van der Waals surface area contributed by atoms with Gasteiger partial charge >= 0.3 is 12.3 Å². The second kappa shape index (κ2) is 9.09. The fourth-order valence-electron chi connectivity index (χ4n) is 3.87. The van der Waals surface area contributed by atoms with E-state index in [1.165, 1.54) is 18.2 Å². The normalized spacial score (nSPS) is 16.7. The van der Waals surface area contributed by atoms with Crippen molar-refractivity contribution in [3.8, 4) is 5.75 Å². The molecule has 0 spiro atoms. The van der Waals surface area contributed by atoms with Crippen LogP contribution in [0.4, 0.5) is 23.2 Å². The van der Waals surface area contributed by atoms with Crippen molar-refractivity contribution in [1.29, 1.82) is 0 Å². The molecule has 0 aromatic heterocycles. The Bertz CT molecular complexity index is 1280. The van der Waals surface area contributed by atoms with Crippen molar-refractivity contribution in [2.75, 3.05) is 5.32 Å².